The molecule has 0 unspecified atom stereocenters. The number of imidazole rings is 1. The summed E-state index contributed by atoms with van der Waals surface area (Å²) in [6.45, 7) is 6.85. The van der Waals surface area contributed by atoms with E-state index >= 15 is 0 Å². The van der Waals surface area contributed by atoms with Crippen LogP contribution in [0, 0.1) is 0 Å². The molecular formula is C17H22N6. The second kappa shape index (κ2) is 5.77. The number of hydrogen-bond donors (Lipinski definition) is 1. The third-order valence-electron chi connectivity index (χ3n) is 4.87. The number of hydrogen-bond acceptors (Lipinski definition) is 4. The van der Waals surface area contributed by atoms with Crippen LogP contribution in [-0.4, -0.2) is 49.0 Å². The van der Waals surface area contributed by atoms with Crippen molar-refractivity contribution in [3.05, 3.63) is 36.4 Å². The van der Waals surface area contributed by atoms with Gasteiger partial charge in [0.15, 0.2) is 0 Å². The van der Waals surface area contributed by atoms with Gasteiger partial charge < -0.3 is 9.47 Å². The average molecular weight is 310 g/mol. The van der Waals surface area contributed by atoms with Crippen molar-refractivity contribution in [2.75, 3.05) is 13.1 Å². The van der Waals surface area contributed by atoms with E-state index in [1.807, 2.05) is 18.5 Å². The number of aromatic nitrogens is 5. The highest BCUT2D eigenvalue weighted by molar-refractivity contribution is 5.76. The number of nitrogens with one attached hydrogen (secondary N) is 1. The van der Waals surface area contributed by atoms with Gasteiger partial charge in [0.2, 0.25) is 0 Å². The van der Waals surface area contributed by atoms with Gasteiger partial charge in [-0.1, -0.05) is 0 Å². The second-order valence-corrected chi connectivity index (χ2v) is 6.56. The Morgan fingerprint density at radius 2 is 1.91 bits per heavy atom. The lowest BCUT2D eigenvalue weighted by Crippen LogP contribution is -2.38. The van der Waals surface area contributed by atoms with Crippen LogP contribution in [-0.2, 0) is 0 Å². The molecule has 0 bridgehead atoms. The van der Waals surface area contributed by atoms with Crippen molar-refractivity contribution in [2.45, 2.75) is 38.6 Å². The Hall–Kier alpha value is -2.21. The topological polar surface area (TPSA) is 62.6 Å². The summed E-state index contributed by atoms with van der Waals surface area (Å²) in [6, 6.07) is 6.77. The van der Waals surface area contributed by atoms with E-state index in [1.165, 1.54) is 12.8 Å². The predicted octanol–water partition coefficient (Wildman–Crippen LogP) is 2.73. The van der Waals surface area contributed by atoms with Crippen molar-refractivity contribution in [2.24, 2.45) is 0 Å². The molecule has 1 aliphatic heterocycles. The number of likely N-dealkylation sites (tertiary alicyclic amines) is 1. The molecule has 0 saturated carbocycles. The Balaban J connectivity index is 1.61. The lowest BCUT2D eigenvalue weighted by molar-refractivity contribution is 0.169. The van der Waals surface area contributed by atoms with Gasteiger partial charge >= 0.3 is 0 Å². The van der Waals surface area contributed by atoms with Crippen molar-refractivity contribution in [1.29, 1.82) is 0 Å². The van der Waals surface area contributed by atoms with Crippen LogP contribution in [0.15, 0.2) is 30.6 Å². The molecule has 0 amide bonds. The van der Waals surface area contributed by atoms with Gasteiger partial charge in [-0.25, -0.2) is 4.98 Å². The molecule has 3 heterocycles. The van der Waals surface area contributed by atoms with Crippen molar-refractivity contribution in [3.63, 3.8) is 0 Å². The minimum atomic E-state index is 0.521. The molecule has 1 N–H and O–H groups in total. The molecule has 1 saturated heterocycles. The van der Waals surface area contributed by atoms with E-state index in [2.05, 4.69) is 55.8 Å². The standard InChI is InChI=1S/C17H22N6/c1-12(2)22-8-5-13(6-9-22)17-18-7-10-23(17)14-3-4-15-16(11-14)20-21-19-15/h3-4,7,10-13H,5-6,8-9H2,1-2H3,(H,19,20,21). The van der Waals surface area contributed by atoms with E-state index in [4.69, 9.17) is 0 Å². The monoisotopic (exact) mass is 310 g/mol. The Bertz CT molecular complexity index is 794. The molecule has 6 heteroatoms. The van der Waals surface area contributed by atoms with E-state index in [0.29, 0.717) is 12.0 Å². The second-order valence-electron chi connectivity index (χ2n) is 6.56. The maximum Gasteiger partial charge on any atom is 0.116 e. The quantitative estimate of drug-likeness (QED) is 0.808. The summed E-state index contributed by atoms with van der Waals surface area (Å²) in [5.74, 6) is 1.68. The van der Waals surface area contributed by atoms with Crippen LogP contribution in [0.2, 0.25) is 0 Å². The highest BCUT2D eigenvalue weighted by Crippen LogP contribution is 2.29. The van der Waals surface area contributed by atoms with E-state index in [0.717, 1.165) is 35.6 Å². The maximum absolute atomic E-state index is 4.65. The molecule has 1 aromatic carbocycles. The molecule has 0 atom stereocenters. The largest absolute Gasteiger partial charge is 0.303 e. The summed E-state index contributed by atoms with van der Waals surface area (Å²) in [4.78, 5) is 7.20. The number of H-pyrrole nitrogens is 1. The first-order valence-electron chi connectivity index (χ1n) is 8.30. The van der Waals surface area contributed by atoms with Gasteiger partial charge in [0.1, 0.15) is 16.9 Å². The number of nitrogens with zero attached hydrogens (tertiary/aromatic N) is 5. The minimum absolute atomic E-state index is 0.521. The van der Waals surface area contributed by atoms with Gasteiger partial charge in [-0.15, -0.1) is 0 Å². The zero-order chi connectivity index (χ0) is 15.8. The minimum Gasteiger partial charge on any atom is -0.303 e. The van der Waals surface area contributed by atoms with Crippen molar-refractivity contribution < 1.29 is 0 Å². The van der Waals surface area contributed by atoms with E-state index in [-0.39, 0.29) is 0 Å². The first kappa shape index (κ1) is 14.4. The summed E-state index contributed by atoms with van der Waals surface area (Å²) >= 11 is 0. The van der Waals surface area contributed by atoms with Gasteiger partial charge in [0.05, 0.1) is 0 Å². The Labute approximate surface area is 135 Å². The molecule has 0 spiro atoms. The molecule has 3 aromatic rings. The number of fused-ring (bicyclic) bond motifs is 1. The lowest BCUT2D eigenvalue weighted by Gasteiger charge is -2.34. The van der Waals surface area contributed by atoms with E-state index in [9.17, 15) is 0 Å². The zero-order valence-corrected chi connectivity index (χ0v) is 13.6. The molecular weight excluding hydrogens is 288 g/mol. The molecule has 4 rings (SSSR count). The Morgan fingerprint density at radius 3 is 2.70 bits per heavy atom. The smallest absolute Gasteiger partial charge is 0.116 e. The number of benzene rings is 1. The molecule has 23 heavy (non-hydrogen) atoms. The predicted molar refractivity (Wildman–Crippen MR) is 89.7 cm³/mol. The Kier molecular flexibility index (Phi) is 3.61. The van der Waals surface area contributed by atoms with Gasteiger partial charge in [-0.3, -0.25) is 0 Å². The van der Waals surface area contributed by atoms with Crippen LogP contribution >= 0.6 is 0 Å². The highest BCUT2D eigenvalue weighted by atomic mass is 15.3. The normalized spacial score (nSPS) is 17.3. The first-order valence-corrected chi connectivity index (χ1v) is 8.30. The van der Waals surface area contributed by atoms with Crippen LogP contribution in [0.4, 0.5) is 0 Å². The molecule has 1 aliphatic rings. The molecule has 2 aromatic heterocycles. The van der Waals surface area contributed by atoms with E-state index in [1.54, 1.807) is 0 Å². The molecule has 1 fully saturated rings. The molecule has 120 valence electrons. The SMILES string of the molecule is CC(C)N1CCC(c2nccn2-c2ccc3n[nH]nc3c2)CC1. The van der Waals surface area contributed by atoms with Crippen LogP contribution in [0.5, 0.6) is 0 Å². The summed E-state index contributed by atoms with van der Waals surface area (Å²) in [5.41, 5.74) is 2.88. The van der Waals surface area contributed by atoms with Crippen LogP contribution in [0.25, 0.3) is 16.7 Å². The van der Waals surface area contributed by atoms with E-state index < -0.39 is 0 Å². The number of piperidine rings is 1. The summed E-state index contributed by atoms with van der Waals surface area (Å²) in [5, 5.41) is 11.0. The maximum atomic E-state index is 4.65. The number of aromatic amines is 1. The Morgan fingerprint density at radius 1 is 1.13 bits per heavy atom. The van der Waals surface area contributed by atoms with Gasteiger partial charge in [-0.2, -0.15) is 15.4 Å². The van der Waals surface area contributed by atoms with Gasteiger partial charge in [0, 0.05) is 30.0 Å². The third-order valence-corrected chi connectivity index (χ3v) is 4.87. The fourth-order valence-corrected chi connectivity index (χ4v) is 3.49. The van der Waals surface area contributed by atoms with Gasteiger partial charge in [0.25, 0.3) is 0 Å². The third kappa shape index (κ3) is 2.63. The van der Waals surface area contributed by atoms with Crippen molar-refractivity contribution in [3.8, 4) is 5.69 Å². The summed E-state index contributed by atoms with van der Waals surface area (Å²) < 4.78 is 2.20. The van der Waals surface area contributed by atoms with Crippen molar-refractivity contribution >= 4 is 11.0 Å². The van der Waals surface area contributed by atoms with Crippen molar-refractivity contribution in [1.82, 2.24) is 29.9 Å². The highest BCUT2D eigenvalue weighted by Gasteiger charge is 2.25. The summed E-state index contributed by atoms with van der Waals surface area (Å²) in [7, 11) is 0. The molecule has 0 radical (unpaired) electrons. The first-order chi connectivity index (χ1) is 11.2. The summed E-state index contributed by atoms with van der Waals surface area (Å²) in [6.07, 6.45) is 6.28. The van der Waals surface area contributed by atoms with Crippen LogP contribution in [0.1, 0.15) is 38.4 Å². The molecule has 0 aliphatic carbocycles. The average Bonchev–Trinajstić information content (AvgIpc) is 3.23. The fourth-order valence-electron chi connectivity index (χ4n) is 3.49. The lowest BCUT2D eigenvalue weighted by atomic mass is 9.95. The fraction of sp³-hybridized carbons (Fsp3) is 0.471. The number of rotatable bonds is 3. The van der Waals surface area contributed by atoms with Crippen LogP contribution < -0.4 is 0 Å². The van der Waals surface area contributed by atoms with Crippen LogP contribution in [0.3, 0.4) is 0 Å². The molecule has 6 nitrogen and oxygen atoms in total. The van der Waals surface area contributed by atoms with Gasteiger partial charge in [-0.05, 0) is 58.0 Å². The zero-order valence-electron chi connectivity index (χ0n) is 13.6.